The lowest BCUT2D eigenvalue weighted by Gasteiger charge is -2.44. The van der Waals surface area contributed by atoms with E-state index in [-0.39, 0.29) is 65.5 Å². The molecule has 129 heavy (non-hydrogen) atoms. The zero-order valence-electron chi connectivity index (χ0n) is 89.0. The number of para-hydroxylation sites is 6. The Kier molecular flexibility index (Phi) is 13.9. The van der Waals surface area contributed by atoms with Crippen LogP contribution in [0.15, 0.2) is 318 Å². The van der Waals surface area contributed by atoms with E-state index in [1.807, 2.05) is 42.5 Å². The van der Waals surface area contributed by atoms with E-state index in [2.05, 4.69) is 336 Å². The van der Waals surface area contributed by atoms with Gasteiger partial charge in [0.2, 0.25) is 0 Å². The van der Waals surface area contributed by atoms with Crippen molar-refractivity contribution in [2.75, 3.05) is 9.80 Å². The Morgan fingerprint density at radius 2 is 0.527 bits per heavy atom. The zero-order valence-corrected chi connectivity index (χ0v) is 76.0. The molecule has 0 amide bonds. The third-order valence-electron chi connectivity index (χ3n) is 27.8. The average Bonchev–Trinajstić information content (AvgIpc) is 1.28. The van der Waals surface area contributed by atoms with Gasteiger partial charge >= 0.3 is 0 Å². The Morgan fingerprint density at radius 3 is 0.891 bits per heavy atom. The highest BCUT2D eigenvalue weighted by molar-refractivity contribution is 7.00. The van der Waals surface area contributed by atoms with E-state index in [1.54, 1.807) is 4.57 Å². The molecule has 0 spiro atoms. The van der Waals surface area contributed by atoms with Gasteiger partial charge in [0.05, 0.1) is 90.4 Å². The van der Waals surface area contributed by atoms with Crippen LogP contribution in [0.2, 0.25) is 0 Å². The van der Waals surface area contributed by atoms with Crippen molar-refractivity contribution in [1.29, 1.82) is 0 Å². The maximum Gasteiger partial charge on any atom is 0.252 e. The van der Waals surface area contributed by atoms with E-state index in [4.69, 9.17) is 10.2 Å². The molecular weight excluding hydrogens is 1570 g/mol. The van der Waals surface area contributed by atoms with Gasteiger partial charge in [-0.15, -0.1) is 0 Å². The largest absolute Gasteiger partial charge is 0.452 e. The summed E-state index contributed by atoms with van der Waals surface area (Å²) in [7, 11) is 0. The molecule has 0 aliphatic carbocycles. The molecule has 0 unspecified atom stereocenters. The van der Waals surface area contributed by atoms with Crippen LogP contribution >= 0.6 is 0 Å². The highest BCUT2D eigenvalue weighted by Crippen LogP contribution is 2.54. The van der Waals surface area contributed by atoms with Crippen LogP contribution in [0.25, 0.3) is 165 Å². The summed E-state index contributed by atoms with van der Waals surface area (Å²) in [5.41, 5.74) is 22.2. The van der Waals surface area contributed by atoms with Gasteiger partial charge in [-0.3, -0.25) is 0 Å². The lowest BCUT2D eigenvalue weighted by Crippen LogP contribution is -2.61. The highest BCUT2D eigenvalue weighted by Gasteiger charge is 2.46. The molecule has 24 rings (SSSR count). The van der Waals surface area contributed by atoms with Crippen LogP contribution in [-0.4, -0.2) is 25.0 Å². The first-order valence-electron chi connectivity index (χ1n) is 51.5. The number of fused-ring (bicyclic) bond motifs is 22. The molecule has 22 aromatic rings. The number of rotatable bonds is 7. The Labute approximate surface area is 772 Å². The predicted octanol–water partition coefficient (Wildman–Crippen LogP) is 31.4. The number of nitrogens with zero attached hydrogens (tertiary/aromatic N) is 6. The SMILES string of the molecule is [2H]c1c([2H])c([2H])c(-c2ccc3c(c2)N(c2cccc4c2oc2c(-n5c6ccc(C(C)(C)C)cc6c6cc(C(C)(C)C)ccc65)cccc24)c2cc(-n4c5c([2H])c([2H])c([2H])c([2H])c5c5c([2H])c([2H])c([2H])c([2H])c54)cc4c2B3c2ccc(-n3c5ccc(C(C)(C)C)cc5c5cc(C(C)(C)C)ccc53)cc2N4c2cccc3c2oc2c(-n4c5ccc(C(C)(C)C)cc5c5cc(C(C)(C)C)ccc54)cccc23)c([2H])c1[2H]. The maximum absolute atomic E-state index is 10.3. The molecule has 8 heterocycles. The lowest BCUT2D eigenvalue weighted by molar-refractivity contribution is 0.590. The second-order valence-electron chi connectivity index (χ2n) is 42.0. The second-order valence-corrected chi connectivity index (χ2v) is 42.0. The number of hydrogen-bond acceptors (Lipinski definition) is 4. The number of furan rings is 2. The Bertz CT molecular complexity index is 9130. The topological polar surface area (TPSA) is 52.5 Å². The summed E-state index contributed by atoms with van der Waals surface area (Å²) in [6, 6.07) is 75.3. The second kappa shape index (κ2) is 27.3. The van der Waals surface area contributed by atoms with Crippen molar-refractivity contribution in [3.63, 3.8) is 0 Å². The van der Waals surface area contributed by atoms with Crippen LogP contribution in [-0.2, 0) is 32.5 Å². The smallest absolute Gasteiger partial charge is 0.252 e. The zero-order chi connectivity index (χ0) is 99.8. The number of anilines is 6. The van der Waals surface area contributed by atoms with Crippen molar-refractivity contribution in [3.8, 4) is 33.9 Å². The minimum Gasteiger partial charge on any atom is -0.452 e. The first-order chi connectivity index (χ1) is 67.2. The molecule has 6 aromatic heterocycles. The van der Waals surface area contributed by atoms with Gasteiger partial charge in [-0.2, -0.15) is 0 Å². The quantitative estimate of drug-likeness (QED) is 0.149. The molecule has 0 radical (unpaired) electrons. The van der Waals surface area contributed by atoms with E-state index in [0.29, 0.717) is 67.5 Å². The molecule has 0 fully saturated rings. The molecule has 16 aromatic carbocycles. The van der Waals surface area contributed by atoms with Crippen molar-refractivity contribution in [2.45, 2.75) is 157 Å². The molecule has 0 saturated heterocycles. The first kappa shape index (κ1) is 65.5. The van der Waals surface area contributed by atoms with Crippen molar-refractivity contribution in [3.05, 3.63) is 342 Å². The third-order valence-corrected chi connectivity index (χ3v) is 27.8. The summed E-state index contributed by atoms with van der Waals surface area (Å²) < 4.78 is 151. The van der Waals surface area contributed by atoms with Gasteiger partial charge in [-0.05, 0) is 233 Å². The summed E-state index contributed by atoms with van der Waals surface area (Å²) in [4.78, 5) is 4.37. The maximum atomic E-state index is 10.3. The van der Waals surface area contributed by atoms with Crippen LogP contribution in [0.4, 0.5) is 34.1 Å². The monoisotopic (exact) mass is 1690 g/mol. The van der Waals surface area contributed by atoms with Crippen molar-refractivity contribution in [2.24, 2.45) is 0 Å². The van der Waals surface area contributed by atoms with Gasteiger partial charge in [0, 0.05) is 93.1 Å². The minimum atomic E-state index is -0.793. The molecule has 9 heteroatoms. The van der Waals surface area contributed by atoms with E-state index < -0.39 is 85.3 Å². The van der Waals surface area contributed by atoms with Crippen molar-refractivity contribution in [1.82, 2.24) is 18.3 Å². The van der Waals surface area contributed by atoms with E-state index in [1.165, 1.54) is 33.4 Å². The summed E-state index contributed by atoms with van der Waals surface area (Å²) in [6.07, 6.45) is 0. The molecule has 0 atom stereocenters. The summed E-state index contributed by atoms with van der Waals surface area (Å²) in [5, 5.41) is 9.46. The Hall–Kier alpha value is -14.0. The molecule has 2 aliphatic heterocycles. The fourth-order valence-corrected chi connectivity index (χ4v) is 20.9. The Balaban J connectivity index is 0.864. The molecule has 0 saturated carbocycles. The van der Waals surface area contributed by atoms with Crippen molar-refractivity contribution < 1.29 is 26.7 Å². The van der Waals surface area contributed by atoms with E-state index in [0.717, 1.165) is 115 Å². The summed E-state index contributed by atoms with van der Waals surface area (Å²) >= 11 is 0. The molecule has 0 bridgehead atoms. The molecular formula is C120H105BN6O2. The minimum absolute atomic E-state index is 0.0376. The number of hydrogen-bond donors (Lipinski definition) is 0. The number of aromatic nitrogens is 4. The van der Waals surface area contributed by atoms with Crippen LogP contribution in [0, 0.1) is 0 Å². The van der Waals surface area contributed by atoms with Crippen LogP contribution in [0.1, 0.15) is 176 Å². The fraction of sp³-hybridized carbons (Fsp3) is 0.200. The van der Waals surface area contributed by atoms with Crippen LogP contribution in [0.5, 0.6) is 0 Å². The normalized spacial score (nSPS) is 15.0. The standard InChI is InChI=1S/C120H105BN6O2/c1-115(2,3)72-45-54-96-86(61-72)87-62-73(116(4,5)6)46-55-97(87)122(96)78-51-53-93-107(67-78)127(105-43-29-37-85-83-35-27-41-103(112(83)129-114(85)105)125-100-58-49-76(119(13,14)15)65-90(100)91-66-77(120(16,17)18)50-59-101(91)125)109-69-79(123-94-38-24-22-32-80(94)81-33-23-25-39-95(81)123)68-108-110(109)121(93)92-52-44-71(70-30-20-19-21-31-70)60-106(92)126(108)104-42-28-36-84-82-34-26-40-102(111(82)128-113(84)104)124-98-56-47-74(117(7,8)9)63-88(98)89-64-75(118(10,11)12)48-57-99(89)124/h19-69H,1-18H3/i19D,20D,21D,22D,23D,24D,25D,30D,31D,32D,33D,38D,39D. The first-order valence-corrected chi connectivity index (χ1v) is 45.0. The van der Waals surface area contributed by atoms with Gasteiger partial charge < -0.3 is 36.9 Å². The van der Waals surface area contributed by atoms with Crippen LogP contribution < -0.4 is 26.2 Å². The highest BCUT2D eigenvalue weighted by atomic mass is 16.3. The fourth-order valence-electron chi connectivity index (χ4n) is 20.9. The van der Waals surface area contributed by atoms with E-state index >= 15 is 0 Å². The van der Waals surface area contributed by atoms with Crippen molar-refractivity contribution >= 4 is 188 Å². The van der Waals surface area contributed by atoms with Gasteiger partial charge in [0.1, 0.15) is 0 Å². The average molecular weight is 1690 g/mol. The predicted molar refractivity (Wildman–Crippen MR) is 550 cm³/mol. The van der Waals surface area contributed by atoms with Gasteiger partial charge in [0.25, 0.3) is 6.71 Å². The van der Waals surface area contributed by atoms with Gasteiger partial charge in [-0.25, -0.2) is 0 Å². The summed E-state index contributed by atoms with van der Waals surface area (Å²) in [5.74, 6) is 0. The van der Waals surface area contributed by atoms with Gasteiger partial charge in [-0.1, -0.05) is 294 Å². The molecule has 8 nitrogen and oxygen atoms in total. The lowest BCUT2D eigenvalue weighted by atomic mass is 9.33. The molecule has 2 aliphatic rings. The number of benzene rings is 16. The molecule has 630 valence electrons. The van der Waals surface area contributed by atoms with E-state index in [9.17, 15) is 16.4 Å². The summed E-state index contributed by atoms with van der Waals surface area (Å²) in [6.45, 7) is 39.5. The Morgan fingerprint density at radius 1 is 0.225 bits per heavy atom. The third kappa shape index (κ3) is 11.8. The molecule has 0 N–H and O–H groups in total. The van der Waals surface area contributed by atoms with Crippen LogP contribution in [0.3, 0.4) is 0 Å². The van der Waals surface area contributed by atoms with Gasteiger partial charge in [0.15, 0.2) is 22.3 Å².